The molecule has 1 unspecified atom stereocenters. The Morgan fingerprint density at radius 2 is 1.84 bits per heavy atom. The van der Waals surface area contributed by atoms with E-state index in [1.807, 2.05) is 51.2 Å². The van der Waals surface area contributed by atoms with Crippen molar-refractivity contribution in [1.82, 2.24) is 5.32 Å². The van der Waals surface area contributed by atoms with Crippen LogP contribution in [0.2, 0.25) is 0 Å². The minimum atomic E-state index is -0.142. The van der Waals surface area contributed by atoms with Crippen molar-refractivity contribution in [3.8, 4) is 0 Å². The van der Waals surface area contributed by atoms with Gasteiger partial charge in [-0.3, -0.25) is 0 Å². The van der Waals surface area contributed by atoms with Crippen LogP contribution in [0, 0.1) is 23.2 Å². The van der Waals surface area contributed by atoms with E-state index in [1.165, 1.54) is 0 Å². The largest absolute Gasteiger partial charge is 0.309 e. The van der Waals surface area contributed by atoms with Gasteiger partial charge in [-0.15, -0.1) is 0 Å². The molecular formula is C16H17FIN. The Morgan fingerprint density at radius 1 is 1.16 bits per heavy atom. The summed E-state index contributed by atoms with van der Waals surface area (Å²) in [6.45, 7) is 3.88. The van der Waals surface area contributed by atoms with Gasteiger partial charge in [0.05, 0.1) is 6.04 Å². The number of nitrogens with one attached hydrogen (secondary N) is 1. The van der Waals surface area contributed by atoms with E-state index in [2.05, 4.69) is 27.9 Å². The summed E-state index contributed by atoms with van der Waals surface area (Å²) in [5.41, 5.74) is 3.78. The van der Waals surface area contributed by atoms with Gasteiger partial charge in [-0.25, -0.2) is 4.39 Å². The maximum Gasteiger partial charge on any atom is 0.128 e. The van der Waals surface area contributed by atoms with Crippen molar-refractivity contribution < 1.29 is 4.39 Å². The summed E-state index contributed by atoms with van der Waals surface area (Å²) in [5, 5.41) is 3.23. The van der Waals surface area contributed by atoms with Gasteiger partial charge in [0.15, 0.2) is 0 Å². The molecule has 1 N–H and O–H groups in total. The SMILES string of the molecule is CNC(c1ccccc1I)c1c(C)cc(C)cc1F. The highest BCUT2D eigenvalue weighted by Crippen LogP contribution is 2.30. The summed E-state index contributed by atoms with van der Waals surface area (Å²) in [7, 11) is 1.87. The molecule has 0 saturated carbocycles. The zero-order valence-electron chi connectivity index (χ0n) is 11.3. The van der Waals surface area contributed by atoms with Gasteiger partial charge in [-0.2, -0.15) is 0 Å². The lowest BCUT2D eigenvalue weighted by atomic mass is 9.93. The van der Waals surface area contributed by atoms with E-state index >= 15 is 0 Å². The average Bonchev–Trinajstić information content (AvgIpc) is 2.34. The van der Waals surface area contributed by atoms with Crippen molar-refractivity contribution in [3.05, 3.63) is 68.0 Å². The zero-order chi connectivity index (χ0) is 14.0. The Bertz CT molecular complexity index is 572. The predicted octanol–water partition coefficient (Wildman–Crippen LogP) is 4.36. The third-order valence-corrected chi connectivity index (χ3v) is 4.26. The quantitative estimate of drug-likeness (QED) is 0.793. The number of rotatable bonds is 3. The molecule has 19 heavy (non-hydrogen) atoms. The molecule has 0 bridgehead atoms. The number of hydrogen-bond acceptors (Lipinski definition) is 1. The molecular weight excluding hydrogens is 352 g/mol. The van der Waals surface area contributed by atoms with Crippen LogP contribution in [0.4, 0.5) is 4.39 Å². The average molecular weight is 369 g/mol. The molecule has 0 aliphatic heterocycles. The molecule has 0 spiro atoms. The van der Waals surface area contributed by atoms with Crippen molar-refractivity contribution in [3.63, 3.8) is 0 Å². The molecule has 0 amide bonds. The van der Waals surface area contributed by atoms with Crippen LogP contribution in [0.3, 0.4) is 0 Å². The fourth-order valence-corrected chi connectivity index (χ4v) is 3.16. The van der Waals surface area contributed by atoms with Gasteiger partial charge in [0.25, 0.3) is 0 Å². The van der Waals surface area contributed by atoms with Gasteiger partial charge >= 0.3 is 0 Å². The van der Waals surface area contributed by atoms with Crippen molar-refractivity contribution in [2.75, 3.05) is 7.05 Å². The van der Waals surface area contributed by atoms with Crippen LogP contribution in [0.1, 0.15) is 28.3 Å². The van der Waals surface area contributed by atoms with E-state index in [-0.39, 0.29) is 11.9 Å². The Hall–Kier alpha value is -0.940. The summed E-state index contributed by atoms with van der Waals surface area (Å²) in [4.78, 5) is 0. The number of hydrogen-bond donors (Lipinski definition) is 1. The lowest BCUT2D eigenvalue weighted by Crippen LogP contribution is -2.21. The summed E-state index contributed by atoms with van der Waals surface area (Å²) >= 11 is 2.29. The minimum absolute atomic E-state index is 0.117. The van der Waals surface area contributed by atoms with Gasteiger partial charge in [0.2, 0.25) is 0 Å². The maximum absolute atomic E-state index is 14.3. The fraction of sp³-hybridized carbons (Fsp3) is 0.250. The zero-order valence-corrected chi connectivity index (χ0v) is 13.5. The van der Waals surface area contributed by atoms with Crippen molar-refractivity contribution in [2.24, 2.45) is 0 Å². The maximum atomic E-state index is 14.3. The number of benzene rings is 2. The molecule has 0 aromatic heterocycles. The fourth-order valence-electron chi connectivity index (χ4n) is 2.46. The monoisotopic (exact) mass is 369 g/mol. The smallest absolute Gasteiger partial charge is 0.128 e. The normalized spacial score (nSPS) is 12.5. The van der Waals surface area contributed by atoms with E-state index in [4.69, 9.17) is 0 Å². The molecule has 2 aromatic rings. The Labute approximate surface area is 127 Å². The van der Waals surface area contributed by atoms with Crippen LogP contribution in [0.15, 0.2) is 36.4 Å². The lowest BCUT2D eigenvalue weighted by molar-refractivity contribution is 0.571. The lowest BCUT2D eigenvalue weighted by Gasteiger charge is -2.21. The third-order valence-electron chi connectivity index (χ3n) is 3.27. The molecule has 0 heterocycles. The summed E-state index contributed by atoms with van der Waals surface area (Å²) in [6.07, 6.45) is 0. The summed E-state index contributed by atoms with van der Waals surface area (Å²) in [6, 6.07) is 11.6. The molecule has 0 radical (unpaired) electrons. The second-order valence-corrected chi connectivity index (χ2v) is 5.88. The molecule has 2 rings (SSSR count). The number of aryl methyl sites for hydroxylation is 2. The van der Waals surface area contributed by atoms with Crippen LogP contribution < -0.4 is 5.32 Å². The van der Waals surface area contributed by atoms with E-state index < -0.39 is 0 Å². The first kappa shape index (κ1) is 14.5. The first-order valence-electron chi connectivity index (χ1n) is 6.23. The van der Waals surface area contributed by atoms with E-state index in [0.717, 1.165) is 25.8 Å². The molecule has 1 nitrogen and oxygen atoms in total. The highest BCUT2D eigenvalue weighted by Gasteiger charge is 2.20. The Kier molecular flexibility index (Phi) is 4.58. The summed E-state index contributed by atoms with van der Waals surface area (Å²) in [5.74, 6) is -0.142. The first-order valence-corrected chi connectivity index (χ1v) is 7.30. The molecule has 100 valence electrons. The topological polar surface area (TPSA) is 12.0 Å². The molecule has 0 aliphatic rings. The highest BCUT2D eigenvalue weighted by atomic mass is 127. The van der Waals surface area contributed by atoms with Crippen LogP contribution in [-0.2, 0) is 0 Å². The first-order chi connectivity index (χ1) is 9.04. The van der Waals surface area contributed by atoms with Crippen LogP contribution in [0.25, 0.3) is 0 Å². The molecule has 1 atom stereocenters. The summed E-state index contributed by atoms with van der Waals surface area (Å²) < 4.78 is 15.5. The van der Waals surface area contributed by atoms with Crippen molar-refractivity contribution >= 4 is 22.6 Å². The standard InChI is InChI=1S/C16H17FIN/c1-10-8-11(2)15(13(17)9-10)16(19-3)12-6-4-5-7-14(12)18/h4-9,16,19H,1-3H3. The molecule has 0 fully saturated rings. The second-order valence-electron chi connectivity index (χ2n) is 4.72. The van der Waals surface area contributed by atoms with Gasteiger partial charge < -0.3 is 5.32 Å². The Morgan fingerprint density at radius 3 is 2.42 bits per heavy atom. The minimum Gasteiger partial charge on any atom is -0.309 e. The third kappa shape index (κ3) is 2.98. The number of halogens is 2. The van der Waals surface area contributed by atoms with Gasteiger partial charge in [0.1, 0.15) is 5.82 Å². The van der Waals surface area contributed by atoms with Crippen molar-refractivity contribution in [1.29, 1.82) is 0 Å². The van der Waals surface area contributed by atoms with Crippen LogP contribution in [-0.4, -0.2) is 7.05 Å². The van der Waals surface area contributed by atoms with Gasteiger partial charge in [-0.1, -0.05) is 24.3 Å². The van der Waals surface area contributed by atoms with E-state index in [1.54, 1.807) is 6.07 Å². The molecule has 2 aromatic carbocycles. The Balaban J connectivity index is 2.58. The van der Waals surface area contributed by atoms with E-state index in [9.17, 15) is 4.39 Å². The van der Waals surface area contributed by atoms with Gasteiger partial charge in [0, 0.05) is 9.13 Å². The molecule has 3 heteroatoms. The highest BCUT2D eigenvalue weighted by molar-refractivity contribution is 14.1. The predicted molar refractivity (Wildman–Crippen MR) is 85.9 cm³/mol. The van der Waals surface area contributed by atoms with Crippen LogP contribution in [0.5, 0.6) is 0 Å². The second kappa shape index (κ2) is 6.01. The van der Waals surface area contributed by atoms with Crippen LogP contribution >= 0.6 is 22.6 Å². The molecule has 0 aliphatic carbocycles. The van der Waals surface area contributed by atoms with Gasteiger partial charge in [-0.05, 0) is 72.3 Å². The molecule has 0 saturated heterocycles. The van der Waals surface area contributed by atoms with E-state index in [0.29, 0.717) is 0 Å². The van der Waals surface area contributed by atoms with Crippen molar-refractivity contribution in [2.45, 2.75) is 19.9 Å².